The summed E-state index contributed by atoms with van der Waals surface area (Å²) in [7, 11) is -3.08. The first-order chi connectivity index (χ1) is 9.28. The third kappa shape index (κ3) is 6.47. The summed E-state index contributed by atoms with van der Waals surface area (Å²) < 4.78 is 21.8. The molecule has 1 amide bonds. The van der Waals surface area contributed by atoms with Gasteiger partial charge in [0.25, 0.3) is 0 Å². The van der Waals surface area contributed by atoms with Crippen molar-refractivity contribution < 1.29 is 18.0 Å². The molecule has 0 bridgehead atoms. The van der Waals surface area contributed by atoms with Gasteiger partial charge in [0, 0.05) is 31.2 Å². The van der Waals surface area contributed by atoms with E-state index in [4.69, 9.17) is 0 Å². The summed E-state index contributed by atoms with van der Waals surface area (Å²) in [6.45, 7) is 2.01. The Balaban J connectivity index is 2.34. The lowest BCUT2D eigenvalue weighted by Crippen LogP contribution is -2.29. The first kappa shape index (κ1) is 16.4. The second-order valence-corrected chi connectivity index (χ2v) is 7.03. The summed E-state index contributed by atoms with van der Waals surface area (Å²) >= 11 is 0. The first-order valence-electron chi connectivity index (χ1n) is 6.32. The second-order valence-electron chi connectivity index (χ2n) is 4.77. The maximum atomic E-state index is 11.8. The van der Waals surface area contributed by atoms with Gasteiger partial charge in [-0.1, -0.05) is 29.8 Å². The molecule has 0 radical (unpaired) electrons. The highest BCUT2D eigenvalue weighted by Crippen LogP contribution is 2.07. The Bertz CT molecular complexity index is 576. The fraction of sp³-hybridized carbons (Fsp3) is 0.429. The largest absolute Gasteiger partial charge is 0.355 e. The molecule has 0 spiro atoms. The molecule has 0 fully saturated rings. The molecule has 0 heterocycles. The van der Waals surface area contributed by atoms with Gasteiger partial charge in [-0.3, -0.25) is 9.59 Å². The molecule has 0 aliphatic heterocycles. The number of nitrogens with one attached hydrogen (secondary N) is 1. The zero-order chi connectivity index (χ0) is 15.2. The Labute approximate surface area is 119 Å². The Kier molecular flexibility index (Phi) is 5.88. The normalized spacial score (nSPS) is 11.1. The van der Waals surface area contributed by atoms with Crippen LogP contribution in [-0.4, -0.2) is 38.7 Å². The standard InChI is InChI=1S/C14H19NO4S/c1-11-3-5-12(6-4-11)13(16)7-8-14(17)15-9-10-20(2,18)19/h3-6H,7-10H2,1-2H3,(H,15,17). The molecule has 1 aromatic carbocycles. The van der Waals surface area contributed by atoms with Crippen LogP contribution in [-0.2, 0) is 14.6 Å². The van der Waals surface area contributed by atoms with Crippen LogP contribution in [0.15, 0.2) is 24.3 Å². The third-order valence-electron chi connectivity index (χ3n) is 2.75. The number of hydrogen-bond donors (Lipinski definition) is 1. The molecule has 0 aliphatic rings. The van der Waals surface area contributed by atoms with E-state index in [9.17, 15) is 18.0 Å². The minimum atomic E-state index is -3.08. The monoisotopic (exact) mass is 297 g/mol. The van der Waals surface area contributed by atoms with E-state index in [-0.39, 0.29) is 36.8 Å². The van der Waals surface area contributed by atoms with Gasteiger partial charge in [-0.2, -0.15) is 0 Å². The number of Topliss-reactive ketones (excluding diaryl/α,β-unsaturated/α-hetero) is 1. The average molecular weight is 297 g/mol. The molecule has 5 nitrogen and oxygen atoms in total. The number of amides is 1. The Morgan fingerprint density at radius 3 is 2.25 bits per heavy atom. The quantitative estimate of drug-likeness (QED) is 0.765. The summed E-state index contributed by atoms with van der Waals surface area (Å²) in [5.41, 5.74) is 1.65. The van der Waals surface area contributed by atoms with Crippen LogP contribution in [0.25, 0.3) is 0 Å². The average Bonchev–Trinajstić information content (AvgIpc) is 2.35. The van der Waals surface area contributed by atoms with Gasteiger partial charge in [0.05, 0.1) is 5.75 Å². The molecule has 0 saturated carbocycles. The van der Waals surface area contributed by atoms with E-state index < -0.39 is 9.84 Å². The van der Waals surface area contributed by atoms with E-state index in [1.165, 1.54) is 0 Å². The zero-order valence-corrected chi connectivity index (χ0v) is 12.5. The number of carbonyl (C=O) groups is 2. The van der Waals surface area contributed by atoms with Crippen LogP contribution < -0.4 is 5.32 Å². The maximum Gasteiger partial charge on any atom is 0.220 e. The number of hydrogen-bond acceptors (Lipinski definition) is 4. The molecular weight excluding hydrogens is 278 g/mol. The topological polar surface area (TPSA) is 80.3 Å². The smallest absolute Gasteiger partial charge is 0.220 e. The van der Waals surface area contributed by atoms with E-state index in [2.05, 4.69) is 5.32 Å². The van der Waals surface area contributed by atoms with Gasteiger partial charge in [-0.25, -0.2) is 8.42 Å². The van der Waals surface area contributed by atoms with Crippen LogP contribution in [0.1, 0.15) is 28.8 Å². The molecule has 0 unspecified atom stereocenters. The predicted molar refractivity (Wildman–Crippen MR) is 77.5 cm³/mol. The van der Waals surface area contributed by atoms with Crippen LogP contribution in [0.3, 0.4) is 0 Å². The van der Waals surface area contributed by atoms with E-state index in [1.807, 2.05) is 19.1 Å². The van der Waals surface area contributed by atoms with Crippen LogP contribution in [0.4, 0.5) is 0 Å². The highest BCUT2D eigenvalue weighted by Gasteiger charge is 2.09. The molecule has 6 heteroatoms. The van der Waals surface area contributed by atoms with Crippen molar-refractivity contribution in [3.05, 3.63) is 35.4 Å². The molecule has 1 aromatic rings. The minimum Gasteiger partial charge on any atom is -0.355 e. The Morgan fingerprint density at radius 1 is 1.10 bits per heavy atom. The van der Waals surface area contributed by atoms with E-state index in [0.717, 1.165) is 11.8 Å². The van der Waals surface area contributed by atoms with Gasteiger partial charge >= 0.3 is 0 Å². The molecule has 1 rings (SSSR count). The fourth-order valence-corrected chi connectivity index (χ4v) is 2.05. The molecule has 0 aromatic heterocycles. The van der Waals surface area contributed by atoms with E-state index >= 15 is 0 Å². The third-order valence-corrected chi connectivity index (χ3v) is 3.69. The summed E-state index contributed by atoms with van der Waals surface area (Å²) in [5.74, 6) is -0.498. The molecule has 1 N–H and O–H groups in total. The second kappa shape index (κ2) is 7.19. The number of ketones is 1. The highest BCUT2D eigenvalue weighted by molar-refractivity contribution is 7.90. The van der Waals surface area contributed by atoms with Gasteiger partial charge < -0.3 is 5.32 Å². The predicted octanol–water partition coefficient (Wildman–Crippen LogP) is 1.12. The van der Waals surface area contributed by atoms with Crippen molar-refractivity contribution in [3.8, 4) is 0 Å². The molecule has 110 valence electrons. The maximum absolute atomic E-state index is 11.8. The van der Waals surface area contributed by atoms with Crippen LogP contribution in [0.2, 0.25) is 0 Å². The molecule has 0 atom stereocenters. The molecular formula is C14H19NO4S. The van der Waals surface area contributed by atoms with Gasteiger partial charge in [0.1, 0.15) is 9.84 Å². The summed E-state index contributed by atoms with van der Waals surface area (Å²) in [4.78, 5) is 23.3. The summed E-state index contributed by atoms with van der Waals surface area (Å²) in [5, 5.41) is 2.48. The minimum absolute atomic E-state index is 0.0659. The Hall–Kier alpha value is -1.69. The van der Waals surface area contributed by atoms with Crippen molar-refractivity contribution in [3.63, 3.8) is 0 Å². The van der Waals surface area contributed by atoms with Crippen molar-refractivity contribution in [2.75, 3.05) is 18.6 Å². The van der Waals surface area contributed by atoms with Gasteiger partial charge in [-0.15, -0.1) is 0 Å². The number of sulfone groups is 1. The number of carbonyl (C=O) groups excluding carboxylic acids is 2. The van der Waals surface area contributed by atoms with Gasteiger partial charge in [-0.05, 0) is 6.92 Å². The fourth-order valence-electron chi connectivity index (χ4n) is 1.58. The molecule has 0 saturated heterocycles. The summed E-state index contributed by atoms with van der Waals surface area (Å²) in [6, 6.07) is 7.16. The van der Waals surface area contributed by atoms with Crippen molar-refractivity contribution in [1.82, 2.24) is 5.32 Å². The summed E-state index contributed by atoms with van der Waals surface area (Å²) in [6.07, 6.45) is 1.30. The van der Waals surface area contributed by atoms with Crippen LogP contribution in [0, 0.1) is 6.92 Å². The van der Waals surface area contributed by atoms with Crippen LogP contribution >= 0.6 is 0 Å². The molecule has 0 aliphatic carbocycles. The Morgan fingerprint density at radius 2 is 1.70 bits per heavy atom. The highest BCUT2D eigenvalue weighted by atomic mass is 32.2. The first-order valence-corrected chi connectivity index (χ1v) is 8.38. The lowest BCUT2D eigenvalue weighted by Gasteiger charge is -2.04. The number of rotatable bonds is 7. The van der Waals surface area contributed by atoms with Crippen molar-refractivity contribution in [1.29, 1.82) is 0 Å². The number of aryl methyl sites for hydroxylation is 1. The van der Waals surface area contributed by atoms with Crippen molar-refractivity contribution >= 4 is 21.5 Å². The zero-order valence-electron chi connectivity index (χ0n) is 11.7. The van der Waals surface area contributed by atoms with Crippen molar-refractivity contribution in [2.45, 2.75) is 19.8 Å². The van der Waals surface area contributed by atoms with Crippen molar-refractivity contribution in [2.24, 2.45) is 0 Å². The van der Waals surface area contributed by atoms with E-state index in [1.54, 1.807) is 12.1 Å². The SMILES string of the molecule is Cc1ccc(C(=O)CCC(=O)NCCS(C)(=O)=O)cc1. The van der Waals surface area contributed by atoms with Gasteiger partial charge in [0.15, 0.2) is 5.78 Å². The van der Waals surface area contributed by atoms with E-state index in [0.29, 0.717) is 5.56 Å². The lowest BCUT2D eigenvalue weighted by molar-refractivity contribution is -0.120. The van der Waals surface area contributed by atoms with Crippen LogP contribution in [0.5, 0.6) is 0 Å². The van der Waals surface area contributed by atoms with Gasteiger partial charge in [0.2, 0.25) is 5.91 Å². The molecule has 20 heavy (non-hydrogen) atoms. The lowest BCUT2D eigenvalue weighted by atomic mass is 10.1. The number of benzene rings is 1.